The molecule has 188 valence electrons. The second-order valence-corrected chi connectivity index (χ2v) is 7.57. The highest BCUT2D eigenvalue weighted by Gasteiger charge is 2.31. The number of rotatable bonds is 16. The maximum absolute atomic E-state index is 12.9. The van der Waals surface area contributed by atoms with Gasteiger partial charge >= 0.3 is 11.9 Å². The maximum atomic E-state index is 12.9. The third-order valence-electron chi connectivity index (χ3n) is 4.83. The Labute approximate surface area is 191 Å². The van der Waals surface area contributed by atoms with Crippen molar-refractivity contribution in [2.24, 2.45) is 17.4 Å². The molecule has 0 rings (SSSR count). The van der Waals surface area contributed by atoms with E-state index >= 15 is 0 Å². The van der Waals surface area contributed by atoms with E-state index < -0.39 is 60.8 Å². The molecule has 0 saturated carbocycles. The van der Waals surface area contributed by atoms with Gasteiger partial charge in [0.15, 0.2) is 5.96 Å². The molecule has 11 N–H and O–H groups in total. The molecule has 0 aliphatic heterocycles. The molecule has 0 aromatic heterocycles. The topological polar surface area (TPSA) is 250 Å². The summed E-state index contributed by atoms with van der Waals surface area (Å²) in [5.74, 6) is -5.20. The summed E-state index contributed by atoms with van der Waals surface area (Å²) in [7, 11) is 0. The Bertz CT molecular complexity index is 717. The van der Waals surface area contributed by atoms with Crippen LogP contribution in [0, 0.1) is 11.3 Å². The van der Waals surface area contributed by atoms with E-state index in [4.69, 9.17) is 27.1 Å². The van der Waals surface area contributed by atoms with E-state index in [-0.39, 0.29) is 24.7 Å². The van der Waals surface area contributed by atoms with Crippen molar-refractivity contribution in [1.82, 2.24) is 21.3 Å². The SMILES string of the molecule is CC[C@H](C)[C@H](NC(=O)[C@@H](N)CCCNC(=N)N)C(=O)N[C@@H](CCC(=O)O)C(=O)NCC(=O)O. The molecule has 0 aliphatic carbocycles. The van der Waals surface area contributed by atoms with Crippen LogP contribution >= 0.6 is 0 Å². The molecular weight excluding hydrogens is 438 g/mol. The summed E-state index contributed by atoms with van der Waals surface area (Å²) in [6.07, 6.45) is 0.512. The highest BCUT2D eigenvalue weighted by Crippen LogP contribution is 2.10. The minimum atomic E-state index is -1.30. The number of aliphatic carboxylic acids is 2. The van der Waals surface area contributed by atoms with E-state index in [1.807, 2.05) is 0 Å². The van der Waals surface area contributed by atoms with Crippen LogP contribution in [0.25, 0.3) is 0 Å². The molecule has 14 nitrogen and oxygen atoms in total. The van der Waals surface area contributed by atoms with Gasteiger partial charge in [-0.25, -0.2) is 0 Å². The molecule has 0 saturated heterocycles. The zero-order valence-corrected chi connectivity index (χ0v) is 18.8. The number of carboxylic acids is 2. The summed E-state index contributed by atoms with van der Waals surface area (Å²) >= 11 is 0. The van der Waals surface area contributed by atoms with E-state index in [1.165, 1.54) is 0 Å². The van der Waals surface area contributed by atoms with Crippen molar-refractivity contribution in [1.29, 1.82) is 5.41 Å². The Kier molecular flexibility index (Phi) is 13.8. The van der Waals surface area contributed by atoms with Gasteiger partial charge in [-0.2, -0.15) is 0 Å². The number of carbonyl (C=O) groups is 5. The molecule has 33 heavy (non-hydrogen) atoms. The smallest absolute Gasteiger partial charge is 0.322 e. The van der Waals surface area contributed by atoms with Crippen LogP contribution in [0.1, 0.15) is 46.0 Å². The highest BCUT2D eigenvalue weighted by molar-refractivity contribution is 5.94. The van der Waals surface area contributed by atoms with Crippen LogP contribution in [-0.2, 0) is 24.0 Å². The molecule has 0 aromatic rings. The van der Waals surface area contributed by atoms with Gasteiger partial charge in [0.25, 0.3) is 0 Å². The average molecular weight is 474 g/mol. The van der Waals surface area contributed by atoms with Gasteiger partial charge in [0.2, 0.25) is 17.7 Å². The Hall–Kier alpha value is -3.42. The molecule has 0 spiro atoms. The fraction of sp³-hybridized carbons (Fsp3) is 0.684. The average Bonchev–Trinajstić information content (AvgIpc) is 2.74. The van der Waals surface area contributed by atoms with Gasteiger partial charge in [-0.1, -0.05) is 20.3 Å². The first-order valence-electron chi connectivity index (χ1n) is 10.5. The number of carbonyl (C=O) groups excluding carboxylic acids is 3. The molecule has 0 heterocycles. The number of hydrogen-bond acceptors (Lipinski definition) is 7. The van der Waals surface area contributed by atoms with Gasteiger partial charge in [-0.15, -0.1) is 0 Å². The number of nitrogens with one attached hydrogen (secondary N) is 5. The van der Waals surface area contributed by atoms with Gasteiger partial charge in [0.05, 0.1) is 6.04 Å². The van der Waals surface area contributed by atoms with E-state index in [9.17, 15) is 24.0 Å². The summed E-state index contributed by atoms with van der Waals surface area (Å²) < 4.78 is 0. The van der Waals surface area contributed by atoms with Crippen molar-refractivity contribution in [3.05, 3.63) is 0 Å². The van der Waals surface area contributed by atoms with Gasteiger partial charge in [0, 0.05) is 13.0 Å². The lowest BCUT2D eigenvalue weighted by Gasteiger charge is -2.27. The molecule has 0 unspecified atom stereocenters. The first kappa shape index (κ1) is 29.6. The molecule has 0 radical (unpaired) electrons. The summed E-state index contributed by atoms with van der Waals surface area (Å²) in [4.78, 5) is 59.2. The molecule has 0 fully saturated rings. The molecular formula is C19H35N7O7. The van der Waals surface area contributed by atoms with Gasteiger partial charge < -0.3 is 42.9 Å². The van der Waals surface area contributed by atoms with E-state index in [0.717, 1.165) is 0 Å². The fourth-order valence-corrected chi connectivity index (χ4v) is 2.72. The lowest BCUT2D eigenvalue weighted by atomic mass is 9.97. The predicted octanol–water partition coefficient (Wildman–Crippen LogP) is -2.34. The van der Waals surface area contributed by atoms with E-state index in [2.05, 4.69) is 21.3 Å². The predicted molar refractivity (Wildman–Crippen MR) is 118 cm³/mol. The van der Waals surface area contributed by atoms with Gasteiger partial charge in [0.1, 0.15) is 18.6 Å². The Morgan fingerprint density at radius 1 is 0.939 bits per heavy atom. The number of nitrogens with two attached hydrogens (primary N) is 2. The minimum absolute atomic E-state index is 0.202. The second-order valence-electron chi connectivity index (χ2n) is 7.57. The lowest BCUT2D eigenvalue weighted by Crippen LogP contribution is -2.58. The fourth-order valence-electron chi connectivity index (χ4n) is 2.72. The van der Waals surface area contributed by atoms with Crippen LogP contribution in [0.3, 0.4) is 0 Å². The van der Waals surface area contributed by atoms with Crippen LogP contribution in [-0.4, -0.2) is 77.0 Å². The van der Waals surface area contributed by atoms with Crippen molar-refractivity contribution in [3.63, 3.8) is 0 Å². The number of guanidine groups is 1. The zero-order valence-electron chi connectivity index (χ0n) is 18.8. The third-order valence-corrected chi connectivity index (χ3v) is 4.83. The lowest BCUT2D eigenvalue weighted by molar-refractivity contribution is -0.140. The summed E-state index contributed by atoms with van der Waals surface area (Å²) in [5, 5.41) is 34.4. The zero-order chi connectivity index (χ0) is 25.6. The van der Waals surface area contributed by atoms with Crippen molar-refractivity contribution < 1.29 is 34.2 Å². The first-order chi connectivity index (χ1) is 15.4. The monoisotopic (exact) mass is 473 g/mol. The number of amides is 3. The van der Waals surface area contributed by atoms with Crippen LogP contribution in [0.15, 0.2) is 0 Å². The molecule has 0 aromatic carbocycles. The van der Waals surface area contributed by atoms with Crippen molar-refractivity contribution in [3.8, 4) is 0 Å². The highest BCUT2D eigenvalue weighted by atomic mass is 16.4. The Morgan fingerprint density at radius 2 is 1.58 bits per heavy atom. The normalized spacial score (nSPS) is 14.2. The molecule has 14 heteroatoms. The quantitative estimate of drug-likeness (QED) is 0.0656. The van der Waals surface area contributed by atoms with Crippen molar-refractivity contribution in [2.75, 3.05) is 13.1 Å². The number of carboxylic acid groups (broad SMARTS) is 2. The summed E-state index contributed by atoms with van der Waals surface area (Å²) in [5.41, 5.74) is 11.1. The minimum Gasteiger partial charge on any atom is -0.481 e. The number of hydrogen-bond donors (Lipinski definition) is 9. The molecule has 4 atom stereocenters. The van der Waals surface area contributed by atoms with Gasteiger partial charge in [-0.05, 0) is 25.2 Å². The third kappa shape index (κ3) is 12.9. The second kappa shape index (κ2) is 15.4. The van der Waals surface area contributed by atoms with Crippen LogP contribution in [0.5, 0.6) is 0 Å². The Morgan fingerprint density at radius 3 is 2.09 bits per heavy atom. The van der Waals surface area contributed by atoms with Crippen LogP contribution in [0.4, 0.5) is 0 Å². The standard InChI is InChI=1S/C19H35N7O7/c1-3-10(2)15(26-16(31)11(20)5-4-8-23-19(21)22)18(33)25-12(6-7-13(27)28)17(32)24-9-14(29)30/h10-12,15H,3-9,20H2,1-2H3,(H,24,32)(H,25,33)(H,26,31)(H,27,28)(H,29,30)(H4,21,22,23)/t10-,11-,12-,15-/m0/s1. The summed E-state index contributed by atoms with van der Waals surface area (Å²) in [6, 6.07) is -3.29. The summed E-state index contributed by atoms with van der Waals surface area (Å²) in [6.45, 7) is 3.16. The Balaban J connectivity index is 5.21. The van der Waals surface area contributed by atoms with Crippen molar-refractivity contribution in [2.45, 2.75) is 64.1 Å². The van der Waals surface area contributed by atoms with Crippen molar-refractivity contribution >= 4 is 35.6 Å². The molecule has 0 aliphatic rings. The van der Waals surface area contributed by atoms with E-state index in [0.29, 0.717) is 19.4 Å². The molecule has 0 bridgehead atoms. The van der Waals surface area contributed by atoms with Gasteiger partial charge in [-0.3, -0.25) is 29.4 Å². The largest absolute Gasteiger partial charge is 0.481 e. The van der Waals surface area contributed by atoms with Crippen LogP contribution in [0.2, 0.25) is 0 Å². The first-order valence-corrected chi connectivity index (χ1v) is 10.5. The molecule has 3 amide bonds. The van der Waals surface area contributed by atoms with Crippen LogP contribution < -0.4 is 32.7 Å². The van der Waals surface area contributed by atoms with E-state index in [1.54, 1.807) is 13.8 Å². The maximum Gasteiger partial charge on any atom is 0.322 e.